The Kier molecular flexibility index (Phi) is 14.3. The first-order valence-corrected chi connectivity index (χ1v) is 13.6. The van der Waals surface area contributed by atoms with Gasteiger partial charge in [0.05, 0.1) is 51.3 Å². The van der Waals surface area contributed by atoms with Crippen molar-refractivity contribution < 1.29 is 33.2 Å². The van der Waals surface area contributed by atoms with Crippen molar-refractivity contribution in [2.75, 3.05) is 65.2 Å². The molecule has 12 heteroatoms. The summed E-state index contributed by atoms with van der Waals surface area (Å²) in [4.78, 5) is 17.2. The molecular formula is C30H44Cl2FN3O6. The number of methoxy groups -OCH3 is 2. The maximum absolute atomic E-state index is 15.5. The molecule has 0 saturated carbocycles. The molecule has 0 spiro atoms. The zero-order valence-electron chi connectivity index (χ0n) is 25.5. The fourth-order valence-electron chi connectivity index (χ4n) is 4.88. The first kappa shape index (κ1) is 37.2. The topological polar surface area (TPSA) is 105 Å². The maximum atomic E-state index is 15.5. The van der Waals surface area contributed by atoms with Crippen LogP contribution in [-0.2, 0) is 16.7 Å². The minimum Gasteiger partial charge on any atom is -0.494 e. The predicted molar refractivity (Wildman–Crippen MR) is 168 cm³/mol. The van der Waals surface area contributed by atoms with Crippen LogP contribution < -0.4 is 19.1 Å². The third kappa shape index (κ3) is 7.98. The van der Waals surface area contributed by atoms with Gasteiger partial charge in [-0.1, -0.05) is 20.8 Å². The summed E-state index contributed by atoms with van der Waals surface area (Å²) in [5, 5.41) is 18.4. The molecule has 236 valence electrons. The number of ether oxygens (including phenoxy) is 4. The summed E-state index contributed by atoms with van der Waals surface area (Å²) in [5.41, 5.74) is 2.30. The average Bonchev–Trinajstić information content (AvgIpc) is 3.22. The quantitative estimate of drug-likeness (QED) is 0.273. The highest BCUT2D eigenvalue weighted by atomic mass is 35.5. The molecule has 0 saturated heterocycles. The fraction of sp³-hybridized carbons (Fsp3) is 0.533. The number of aliphatic hydroxyl groups is 1. The SMILES string of the molecule is CCOc1cc2c(c(F)c1OCC)C(=N)N(CC(=O)c1cc(N(CCO)CCOC)c(OC)c(C(C)(C)C)c1)C2.Cl.Cl. The predicted octanol–water partition coefficient (Wildman–Crippen LogP) is 5.24. The van der Waals surface area contributed by atoms with Crippen molar-refractivity contribution >= 4 is 42.1 Å². The monoisotopic (exact) mass is 631 g/mol. The summed E-state index contributed by atoms with van der Waals surface area (Å²) >= 11 is 0. The van der Waals surface area contributed by atoms with Gasteiger partial charge in [-0.05, 0) is 43.0 Å². The number of aliphatic hydroxyl groups excluding tert-OH is 1. The lowest BCUT2D eigenvalue weighted by atomic mass is 9.84. The number of hydrogen-bond donors (Lipinski definition) is 2. The molecule has 42 heavy (non-hydrogen) atoms. The molecule has 0 amide bonds. The van der Waals surface area contributed by atoms with Crippen LogP contribution in [0.25, 0.3) is 0 Å². The highest BCUT2D eigenvalue weighted by molar-refractivity contribution is 6.06. The van der Waals surface area contributed by atoms with Gasteiger partial charge < -0.3 is 33.9 Å². The van der Waals surface area contributed by atoms with Crippen LogP contribution in [0.5, 0.6) is 17.2 Å². The molecule has 2 N–H and O–H groups in total. The van der Waals surface area contributed by atoms with E-state index in [2.05, 4.69) is 0 Å². The normalized spacial score (nSPS) is 12.3. The van der Waals surface area contributed by atoms with Crippen molar-refractivity contribution in [3.8, 4) is 17.2 Å². The number of Topliss-reactive ketones (excluding diaryl/α,β-unsaturated/α-hetero) is 1. The van der Waals surface area contributed by atoms with Crippen molar-refractivity contribution in [2.24, 2.45) is 0 Å². The van der Waals surface area contributed by atoms with Crippen LogP contribution in [0.15, 0.2) is 18.2 Å². The Bertz CT molecular complexity index is 1240. The summed E-state index contributed by atoms with van der Waals surface area (Å²) in [5.74, 6) is -0.0483. The van der Waals surface area contributed by atoms with Gasteiger partial charge in [0.15, 0.2) is 23.1 Å². The number of anilines is 1. The number of hydrogen-bond acceptors (Lipinski definition) is 8. The smallest absolute Gasteiger partial charge is 0.197 e. The van der Waals surface area contributed by atoms with Crippen molar-refractivity contribution in [1.29, 1.82) is 5.41 Å². The second-order valence-corrected chi connectivity index (χ2v) is 10.6. The van der Waals surface area contributed by atoms with E-state index in [0.29, 0.717) is 48.9 Å². The Balaban J connectivity index is 0.00000441. The summed E-state index contributed by atoms with van der Waals surface area (Å²) in [6.45, 7) is 11.5. The van der Waals surface area contributed by atoms with Crippen LogP contribution in [-0.4, -0.2) is 81.9 Å². The number of ketones is 1. The standard InChI is InChI=1S/C30H42FN3O6.2ClH/c1-8-39-24-16-20-17-34(29(32)25(20)26(31)28(24)40-9-2)18-23(36)19-14-21(30(3,4)5)27(38-7)22(15-19)33(10-12-35)11-13-37-6;;/h14-16,32,35H,8-13,17-18H2,1-7H3;2*1H. The van der Waals surface area contributed by atoms with Crippen molar-refractivity contribution in [3.63, 3.8) is 0 Å². The molecule has 0 fully saturated rings. The minimum atomic E-state index is -0.651. The number of benzene rings is 2. The zero-order valence-corrected chi connectivity index (χ0v) is 27.1. The van der Waals surface area contributed by atoms with Crippen molar-refractivity contribution in [1.82, 2.24) is 4.90 Å². The van der Waals surface area contributed by atoms with Crippen LogP contribution in [0.1, 0.15) is 61.7 Å². The number of carbonyl (C=O) groups is 1. The average molecular weight is 633 g/mol. The van der Waals surface area contributed by atoms with E-state index in [-0.39, 0.29) is 85.2 Å². The Morgan fingerprint density at radius 1 is 1.07 bits per heavy atom. The first-order chi connectivity index (χ1) is 19.0. The lowest BCUT2D eigenvalue weighted by molar-refractivity contribution is 0.0962. The van der Waals surface area contributed by atoms with Crippen LogP contribution in [0.4, 0.5) is 10.1 Å². The molecule has 2 aromatic carbocycles. The van der Waals surface area contributed by atoms with E-state index >= 15 is 4.39 Å². The summed E-state index contributed by atoms with van der Waals surface area (Å²) in [7, 11) is 3.20. The first-order valence-electron chi connectivity index (χ1n) is 13.6. The van der Waals surface area contributed by atoms with Crippen LogP contribution in [0.3, 0.4) is 0 Å². The Labute approximate surface area is 260 Å². The minimum absolute atomic E-state index is 0. The third-order valence-corrected chi connectivity index (χ3v) is 6.79. The second-order valence-electron chi connectivity index (χ2n) is 10.6. The number of halogens is 3. The van der Waals surface area contributed by atoms with Crippen molar-refractivity contribution in [3.05, 3.63) is 46.3 Å². The van der Waals surface area contributed by atoms with E-state index < -0.39 is 5.82 Å². The van der Waals surface area contributed by atoms with Gasteiger partial charge in [-0.25, -0.2) is 4.39 Å². The largest absolute Gasteiger partial charge is 0.494 e. The van der Waals surface area contributed by atoms with Gasteiger partial charge in [0.2, 0.25) is 0 Å². The number of carbonyl (C=O) groups excluding carboxylic acids is 1. The van der Waals surface area contributed by atoms with Gasteiger partial charge in [0, 0.05) is 37.9 Å². The number of nitrogens with zero attached hydrogens (tertiary/aromatic N) is 2. The number of fused-ring (bicyclic) bond motifs is 1. The van der Waals surface area contributed by atoms with E-state index in [1.165, 1.54) is 0 Å². The van der Waals surface area contributed by atoms with Gasteiger partial charge >= 0.3 is 0 Å². The molecule has 0 unspecified atom stereocenters. The molecule has 1 aliphatic heterocycles. The van der Waals surface area contributed by atoms with E-state index in [1.807, 2.05) is 31.7 Å². The van der Waals surface area contributed by atoms with E-state index in [9.17, 15) is 9.90 Å². The van der Waals surface area contributed by atoms with Gasteiger partial charge in [-0.3, -0.25) is 10.2 Å². The highest BCUT2D eigenvalue weighted by Crippen LogP contribution is 2.41. The summed E-state index contributed by atoms with van der Waals surface area (Å²) in [6.07, 6.45) is 0. The molecular weight excluding hydrogens is 588 g/mol. The lowest BCUT2D eigenvalue weighted by Crippen LogP contribution is -2.33. The molecule has 9 nitrogen and oxygen atoms in total. The summed E-state index contributed by atoms with van der Waals surface area (Å²) < 4.78 is 37.7. The number of rotatable bonds is 14. The lowest BCUT2D eigenvalue weighted by Gasteiger charge is -2.31. The summed E-state index contributed by atoms with van der Waals surface area (Å²) in [6, 6.07) is 5.28. The molecule has 0 atom stereocenters. The van der Waals surface area contributed by atoms with E-state index in [0.717, 1.165) is 5.56 Å². The molecule has 1 aliphatic rings. The van der Waals surface area contributed by atoms with Crippen LogP contribution in [0.2, 0.25) is 0 Å². The molecule has 0 radical (unpaired) electrons. The van der Waals surface area contributed by atoms with Gasteiger partial charge in [-0.15, -0.1) is 24.8 Å². The van der Waals surface area contributed by atoms with Gasteiger partial charge in [0.1, 0.15) is 11.6 Å². The molecule has 0 aromatic heterocycles. The fourth-order valence-corrected chi connectivity index (χ4v) is 4.88. The molecule has 0 bridgehead atoms. The van der Waals surface area contributed by atoms with Gasteiger partial charge in [-0.2, -0.15) is 0 Å². The Morgan fingerprint density at radius 3 is 2.29 bits per heavy atom. The Hall–Kier alpha value is -2.79. The third-order valence-electron chi connectivity index (χ3n) is 6.79. The Morgan fingerprint density at radius 2 is 1.74 bits per heavy atom. The van der Waals surface area contributed by atoms with Crippen LogP contribution >= 0.6 is 24.8 Å². The number of amidine groups is 1. The maximum Gasteiger partial charge on any atom is 0.197 e. The zero-order chi connectivity index (χ0) is 29.6. The second kappa shape index (κ2) is 16.2. The highest BCUT2D eigenvalue weighted by Gasteiger charge is 2.34. The van der Waals surface area contributed by atoms with Crippen molar-refractivity contribution in [2.45, 2.75) is 46.6 Å². The molecule has 1 heterocycles. The van der Waals surface area contributed by atoms with E-state index in [4.69, 9.17) is 24.4 Å². The van der Waals surface area contributed by atoms with Crippen LogP contribution in [0, 0.1) is 11.2 Å². The molecule has 2 aromatic rings. The molecule has 0 aliphatic carbocycles. The molecule has 3 rings (SSSR count). The number of nitrogens with one attached hydrogen (secondary N) is 1. The van der Waals surface area contributed by atoms with Gasteiger partial charge in [0.25, 0.3) is 0 Å². The van der Waals surface area contributed by atoms with E-state index in [1.54, 1.807) is 45.1 Å².